The zero-order valence-electron chi connectivity index (χ0n) is 10.6. The summed E-state index contributed by atoms with van der Waals surface area (Å²) in [6, 6.07) is 11.5. The number of nitrogens with zero attached hydrogens (tertiary/aromatic N) is 1. The summed E-state index contributed by atoms with van der Waals surface area (Å²) in [6.45, 7) is 2.10. The van der Waals surface area contributed by atoms with Gasteiger partial charge in [0.05, 0.1) is 5.69 Å². The molecule has 0 bridgehead atoms. The third-order valence-electron chi connectivity index (χ3n) is 2.88. The van der Waals surface area contributed by atoms with Crippen LogP contribution in [0.4, 0.5) is 0 Å². The fourth-order valence-corrected chi connectivity index (χ4v) is 1.77. The van der Waals surface area contributed by atoms with E-state index in [0.717, 1.165) is 17.7 Å². The SMILES string of the molecule is CCc1ccc(-c2cccc(C(=O)NC)c2)nc1. The van der Waals surface area contributed by atoms with Gasteiger partial charge in [-0.1, -0.05) is 25.1 Å². The van der Waals surface area contributed by atoms with Gasteiger partial charge in [-0.05, 0) is 30.2 Å². The van der Waals surface area contributed by atoms with E-state index in [0.29, 0.717) is 5.56 Å². The third kappa shape index (κ3) is 2.56. The van der Waals surface area contributed by atoms with Gasteiger partial charge in [0.25, 0.3) is 5.91 Å². The van der Waals surface area contributed by atoms with E-state index in [2.05, 4.69) is 23.3 Å². The third-order valence-corrected chi connectivity index (χ3v) is 2.88. The number of pyridine rings is 1. The molecule has 0 radical (unpaired) electrons. The fourth-order valence-electron chi connectivity index (χ4n) is 1.77. The van der Waals surface area contributed by atoms with Crippen molar-refractivity contribution in [2.75, 3.05) is 7.05 Å². The highest BCUT2D eigenvalue weighted by Gasteiger charge is 2.05. The van der Waals surface area contributed by atoms with E-state index in [-0.39, 0.29) is 5.91 Å². The van der Waals surface area contributed by atoms with E-state index >= 15 is 0 Å². The fraction of sp³-hybridized carbons (Fsp3) is 0.200. The predicted molar refractivity (Wildman–Crippen MR) is 72.4 cm³/mol. The number of aryl methyl sites for hydroxylation is 1. The highest BCUT2D eigenvalue weighted by atomic mass is 16.1. The summed E-state index contributed by atoms with van der Waals surface area (Å²) in [4.78, 5) is 16.0. The average Bonchev–Trinajstić information content (AvgIpc) is 2.46. The van der Waals surface area contributed by atoms with E-state index in [4.69, 9.17) is 0 Å². The van der Waals surface area contributed by atoms with Crippen molar-refractivity contribution in [3.8, 4) is 11.3 Å². The Morgan fingerprint density at radius 1 is 1.28 bits per heavy atom. The Hall–Kier alpha value is -2.16. The monoisotopic (exact) mass is 240 g/mol. The highest BCUT2D eigenvalue weighted by Crippen LogP contribution is 2.18. The van der Waals surface area contributed by atoms with Gasteiger partial charge < -0.3 is 5.32 Å². The molecule has 2 aromatic rings. The normalized spacial score (nSPS) is 10.1. The van der Waals surface area contributed by atoms with Crippen molar-refractivity contribution in [1.29, 1.82) is 0 Å². The van der Waals surface area contributed by atoms with Gasteiger partial charge in [-0.15, -0.1) is 0 Å². The van der Waals surface area contributed by atoms with Crippen molar-refractivity contribution < 1.29 is 4.79 Å². The predicted octanol–water partition coefficient (Wildman–Crippen LogP) is 2.67. The molecule has 0 fully saturated rings. The molecule has 0 spiro atoms. The van der Waals surface area contributed by atoms with Gasteiger partial charge in [0.15, 0.2) is 0 Å². The van der Waals surface area contributed by atoms with Crippen LogP contribution in [-0.4, -0.2) is 17.9 Å². The molecule has 0 aliphatic carbocycles. The topological polar surface area (TPSA) is 42.0 Å². The van der Waals surface area contributed by atoms with Gasteiger partial charge in [-0.2, -0.15) is 0 Å². The molecule has 0 aliphatic heterocycles. The lowest BCUT2D eigenvalue weighted by atomic mass is 10.1. The molecular formula is C15H16N2O. The van der Waals surface area contributed by atoms with Crippen molar-refractivity contribution in [3.63, 3.8) is 0 Å². The van der Waals surface area contributed by atoms with E-state index in [1.807, 2.05) is 30.5 Å². The number of amides is 1. The van der Waals surface area contributed by atoms with E-state index in [1.54, 1.807) is 13.1 Å². The maximum Gasteiger partial charge on any atom is 0.251 e. The standard InChI is InChI=1S/C15H16N2O/c1-3-11-7-8-14(17-10-11)12-5-4-6-13(9-12)15(18)16-2/h4-10H,3H2,1-2H3,(H,16,18). The summed E-state index contributed by atoms with van der Waals surface area (Å²) >= 11 is 0. The van der Waals surface area contributed by atoms with Crippen LogP contribution < -0.4 is 5.32 Å². The molecule has 2 rings (SSSR count). The summed E-state index contributed by atoms with van der Waals surface area (Å²) in [7, 11) is 1.63. The minimum absolute atomic E-state index is 0.0815. The molecule has 3 heteroatoms. The zero-order chi connectivity index (χ0) is 13.0. The van der Waals surface area contributed by atoms with Crippen LogP contribution in [0, 0.1) is 0 Å². The van der Waals surface area contributed by atoms with E-state index in [1.165, 1.54) is 5.56 Å². The number of rotatable bonds is 3. The van der Waals surface area contributed by atoms with E-state index < -0.39 is 0 Å². The Morgan fingerprint density at radius 3 is 2.72 bits per heavy atom. The summed E-state index contributed by atoms with van der Waals surface area (Å²) in [5.41, 5.74) is 3.70. The average molecular weight is 240 g/mol. The number of nitrogens with one attached hydrogen (secondary N) is 1. The lowest BCUT2D eigenvalue weighted by Gasteiger charge is -2.05. The van der Waals surface area contributed by atoms with Crippen molar-refractivity contribution in [3.05, 3.63) is 53.7 Å². The first-order chi connectivity index (χ1) is 8.74. The molecule has 3 nitrogen and oxygen atoms in total. The first-order valence-corrected chi connectivity index (χ1v) is 6.02. The maximum absolute atomic E-state index is 11.6. The smallest absolute Gasteiger partial charge is 0.251 e. The van der Waals surface area contributed by atoms with Crippen molar-refractivity contribution in [1.82, 2.24) is 10.3 Å². The van der Waals surface area contributed by atoms with Gasteiger partial charge >= 0.3 is 0 Å². The lowest BCUT2D eigenvalue weighted by molar-refractivity contribution is 0.0963. The quantitative estimate of drug-likeness (QED) is 0.896. The van der Waals surface area contributed by atoms with Crippen LogP contribution in [0.5, 0.6) is 0 Å². The van der Waals surface area contributed by atoms with Gasteiger partial charge in [0.1, 0.15) is 0 Å². The number of hydrogen-bond donors (Lipinski definition) is 1. The number of aromatic nitrogens is 1. The Balaban J connectivity index is 2.35. The molecule has 0 atom stereocenters. The molecule has 0 aliphatic rings. The molecule has 1 aromatic heterocycles. The second-order valence-corrected chi connectivity index (χ2v) is 4.07. The second kappa shape index (κ2) is 5.45. The van der Waals surface area contributed by atoms with Crippen LogP contribution in [0.3, 0.4) is 0 Å². The molecule has 1 amide bonds. The number of carbonyl (C=O) groups excluding carboxylic acids is 1. The molecule has 92 valence electrons. The van der Waals surface area contributed by atoms with Crippen molar-refractivity contribution >= 4 is 5.91 Å². The maximum atomic E-state index is 11.6. The van der Waals surface area contributed by atoms with Gasteiger partial charge in [0.2, 0.25) is 0 Å². The van der Waals surface area contributed by atoms with Gasteiger partial charge in [-0.3, -0.25) is 9.78 Å². The van der Waals surface area contributed by atoms with Gasteiger partial charge in [0, 0.05) is 24.4 Å². The summed E-state index contributed by atoms with van der Waals surface area (Å²) < 4.78 is 0. The molecule has 1 aromatic carbocycles. The summed E-state index contributed by atoms with van der Waals surface area (Å²) in [6.07, 6.45) is 2.85. The Labute approximate surface area is 107 Å². The summed E-state index contributed by atoms with van der Waals surface area (Å²) in [5.74, 6) is -0.0815. The number of hydrogen-bond acceptors (Lipinski definition) is 2. The first kappa shape index (κ1) is 12.3. The zero-order valence-corrected chi connectivity index (χ0v) is 10.6. The van der Waals surface area contributed by atoms with Crippen LogP contribution in [0.25, 0.3) is 11.3 Å². The Bertz CT molecular complexity index is 547. The first-order valence-electron chi connectivity index (χ1n) is 6.02. The van der Waals surface area contributed by atoms with Gasteiger partial charge in [-0.25, -0.2) is 0 Å². The lowest BCUT2D eigenvalue weighted by Crippen LogP contribution is -2.17. The minimum atomic E-state index is -0.0815. The molecular weight excluding hydrogens is 224 g/mol. The summed E-state index contributed by atoms with van der Waals surface area (Å²) in [5, 5.41) is 2.62. The van der Waals surface area contributed by atoms with Crippen LogP contribution in [0.1, 0.15) is 22.8 Å². The molecule has 0 unspecified atom stereocenters. The second-order valence-electron chi connectivity index (χ2n) is 4.07. The van der Waals surface area contributed by atoms with Crippen LogP contribution in [0.15, 0.2) is 42.6 Å². The van der Waals surface area contributed by atoms with Crippen LogP contribution in [-0.2, 0) is 6.42 Å². The molecule has 1 heterocycles. The Kier molecular flexibility index (Phi) is 3.72. The van der Waals surface area contributed by atoms with E-state index in [9.17, 15) is 4.79 Å². The molecule has 0 saturated carbocycles. The minimum Gasteiger partial charge on any atom is -0.355 e. The van der Waals surface area contributed by atoms with Crippen molar-refractivity contribution in [2.45, 2.75) is 13.3 Å². The number of carbonyl (C=O) groups is 1. The molecule has 0 saturated heterocycles. The highest BCUT2D eigenvalue weighted by molar-refractivity contribution is 5.95. The Morgan fingerprint density at radius 2 is 2.11 bits per heavy atom. The molecule has 18 heavy (non-hydrogen) atoms. The molecule has 1 N–H and O–H groups in total. The largest absolute Gasteiger partial charge is 0.355 e. The van der Waals surface area contributed by atoms with Crippen LogP contribution >= 0.6 is 0 Å². The van der Waals surface area contributed by atoms with Crippen molar-refractivity contribution in [2.24, 2.45) is 0 Å². The number of benzene rings is 1. The van der Waals surface area contributed by atoms with Crippen LogP contribution in [0.2, 0.25) is 0 Å².